The summed E-state index contributed by atoms with van der Waals surface area (Å²) in [6, 6.07) is 8.95. The predicted molar refractivity (Wildman–Crippen MR) is 85.6 cm³/mol. The van der Waals surface area contributed by atoms with Gasteiger partial charge in [-0.15, -0.1) is 0 Å². The molecule has 2 heterocycles. The Morgan fingerprint density at radius 2 is 2.00 bits per heavy atom. The van der Waals surface area contributed by atoms with Crippen LogP contribution in [0.4, 0.5) is 0 Å². The van der Waals surface area contributed by atoms with Crippen LogP contribution in [0.25, 0.3) is 0 Å². The van der Waals surface area contributed by atoms with E-state index in [1.165, 1.54) is 0 Å². The lowest BCUT2D eigenvalue weighted by atomic mass is 10.1. The van der Waals surface area contributed by atoms with Crippen molar-refractivity contribution in [3.05, 3.63) is 53.6 Å². The molecule has 1 aromatic heterocycles. The van der Waals surface area contributed by atoms with Crippen molar-refractivity contribution in [1.29, 1.82) is 5.26 Å². The van der Waals surface area contributed by atoms with Crippen LogP contribution in [-0.2, 0) is 7.05 Å². The van der Waals surface area contributed by atoms with Crippen LogP contribution in [0.3, 0.4) is 0 Å². The summed E-state index contributed by atoms with van der Waals surface area (Å²) in [7, 11) is 4.03. The molecule has 1 atom stereocenters. The Morgan fingerprint density at radius 1 is 1.26 bits per heavy atom. The van der Waals surface area contributed by atoms with E-state index in [0.717, 1.165) is 12.4 Å². The van der Waals surface area contributed by atoms with Gasteiger partial charge in [0.05, 0.1) is 17.7 Å². The van der Waals surface area contributed by atoms with Crippen LogP contribution in [0.15, 0.2) is 36.7 Å². The zero-order valence-corrected chi connectivity index (χ0v) is 13.3. The number of carbonyl (C=O) groups is 1. The van der Waals surface area contributed by atoms with Crippen LogP contribution in [0.5, 0.6) is 0 Å². The number of imidazole rings is 1. The molecule has 0 bridgehead atoms. The van der Waals surface area contributed by atoms with Gasteiger partial charge in [-0.1, -0.05) is 0 Å². The van der Waals surface area contributed by atoms with E-state index in [4.69, 9.17) is 5.26 Å². The molecule has 23 heavy (non-hydrogen) atoms. The highest BCUT2D eigenvalue weighted by molar-refractivity contribution is 5.94. The predicted octanol–water partition coefficient (Wildman–Crippen LogP) is 1.42. The smallest absolute Gasteiger partial charge is 0.253 e. The molecule has 1 saturated heterocycles. The Balaban J connectivity index is 1.79. The fourth-order valence-corrected chi connectivity index (χ4v) is 2.91. The van der Waals surface area contributed by atoms with E-state index in [2.05, 4.69) is 23.0 Å². The lowest BCUT2D eigenvalue weighted by molar-refractivity contribution is 0.0529. The van der Waals surface area contributed by atoms with Crippen molar-refractivity contribution in [3.63, 3.8) is 0 Å². The summed E-state index contributed by atoms with van der Waals surface area (Å²) in [4.78, 5) is 21.2. The van der Waals surface area contributed by atoms with Crippen LogP contribution >= 0.6 is 0 Å². The van der Waals surface area contributed by atoms with E-state index in [0.29, 0.717) is 24.2 Å². The summed E-state index contributed by atoms with van der Waals surface area (Å²) in [6.45, 7) is 2.11. The second-order valence-electron chi connectivity index (χ2n) is 5.83. The molecule has 1 aliphatic heterocycles. The number of hydrogen-bond donors (Lipinski definition) is 0. The third-order valence-corrected chi connectivity index (χ3v) is 4.35. The van der Waals surface area contributed by atoms with Crippen molar-refractivity contribution < 1.29 is 4.79 Å². The first-order valence-electron chi connectivity index (χ1n) is 7.57. The van der Waals surface area contributed by atoms with Gasteiger partial charge in [-0.2, -0.15) is 5.26 Å². The molecule has 0 spiro atoms. The number of carbonyl (C=O) groups excluding carboxylic acids is 1. The Kier molecular flexibility index (Phi) is 4.13. The maximum atomic E-state index is 12.7. The first-order chi connectivity index (χ1) is 11.1. The zero-order chi connectivity index (χ0) is 16.4. The Bertz CT molecular complexity index is 743. The number of likely N-dealkylation sites (N-methyl/N-ethyl adjacent to an activating group) is 1. The monoisotopic (exact) mass is 309 g/mol. The molecule has 1 fully saturated rings. The molecule has 0 radical (unpaired) electrons. The van der Waals surface area contributed by atoms with Crippen LogP contribution in [0, 0.1) is 11.3 Å². The summed E-state index contributed by atoms with van der Waals surface area (Å²) in [5.74, 6) is 0.964. The normalized spacial score (nSPS) is 18.7. The quantitative estimate of drug-likeness (QED) is 0.841. The van der Waals surface area contributed by atoms with Gasteiger partial charge in [-0.3, -0.25) is 9.69 Å². The topological polar surface area (TPSA) is 65.2 Å². The number of aromatic nitrogens is 2. The molecule has 3 rings (SSSR count). The third kappa shape index (κ3) is 2.96. The van der Waals surface area contributed by atoms with Crippen molar-refractivity contribution in [2.24, 2.45) is 7.05 Å². The largest absolute Gasteiger partial charge is 0.337 e. The third-order valence-electron chi connectivity index (χ3n) is 4.35. The number of nitrogens with zero attached hydrogens (tertiary/aromatic N) is 5. The maximum absolute atomic E-state index is 12.7. The Morgan fingerprint density at radius 3 is 2.61 bits per heavy atom. The molecule has 1 aliphatic rings. The van der Waals surface area contributed by atoms with E-state index in [9.17, 15) is 4.79 Å². The molecule has 2 aromatic rings. The highest BCUT2D eigenvalue weighted by Crippen LogP contribution is 2.23. The summed E-state index contributed by atoms with van der Waals surface area (Å²) < 4.78 is 2.00. The highest BCUT2D eigenvalue weighted by Gasteiger charge is 2.31. The minimum absolute atomic E-state index is 0.00167. The van der Waals surface area contributed by atoms with Gasteiger partial charge in [-0.05, 0) is 31.3 Å². The van der Waals surface area contributed by atoms with Crippen LogP contribution in [0.2, 0.25) is 0 Å². The molecule has 6 nitrogen and oxygen atoms in total. The lowest BCUT2D eigenvalue weighted by Gasteiger charge is -2.39. The second kappa shape index (κ2) is 6.23. The van der Waals surface area contributed by atoms with Gasteiger partial charge < -0.3 is 9.47 Å². The number of amides is 1. The fourth-order valence-electron chi connectivity index (χ4n) is 2.91. The van der Waals surface area contributed by atoms with Gasteiger partial charge in [-0.25, -0.2) is 4.98 Å². The second-order valence-corrected chi connectivity index (χ2v) is 5.83. The number of rotatable bonds is 2. The van der Waals surface area contributed by atoms with Gasteiger partial charge in [0.25, 0.3) is 5.91 Å². The van der Waals surface area contributed by atoms with Gasteiger partial charge in [0.2, 0.25) is 0 Å². The number of piperazine rings is 1. The standard InChI is InChI=1S/C17H19N5O/c1-20-9-10-22(12-15(20)16-19-7-8-21(16)2)17(23)14-5-3-13(11-18)4-6-14/h3-8,15H,9-10,12H2,1-2H3. The van der Waals surface area contributed by atoms with E-state index in [-0.39, 0.29) is 11.9 Å². The number of benzene rings is 1. The number of nitriles is 1. The molecule has 118 valence electrons. The van der Waals surface area contributed by atoms with Gasteiger partial charge in [0, 0.05) is 44.6 Å². The van der Waals surface area contributed by atoms with Crippen LogP contribution < -0.4 is 0 Å². The van der Waals surface area contributed by atoms with E-state index >= 15 is 0 Å². The minimum atomic E-state index is 0.00167. The van der Waals surface area contributed by atoms with Crippen molar-refractivity contribution in [2.75, 3.05) is 26.7 Å². The molecule has 6 heteroatoms. The van der Waals surface area contributed by atoms with E-state index in [1.54, 1.807) is 30.5 Å². The summed E-state index contributed by atoms with van der Waals surface area (Å²) >= 11 is 0. The average molecular weight is 309 g/mol. The lowest BCUT2D eigenvalue weighted by Crippen LogP contribution is -2.49. The van der Waals surface area contributed by atoms with Gasteiger partial charge in [0.1, 0.15) is 5.82 Å². The fraction of sp³-hybridized carbons (Fsp3) is 0.353. The Hall–Kier alpha value is -2.65. The molecular weight excluding hydrogens is 290 g/mol. The molecule has 0 saturated carbocycles. The van der Waals surface area contributed by atoms with Gasteiger partial charge in [0.15, 0.2) is 0 Å². The molecule has 1 aromatic carbocycles. The van der Waals surface area contributed by atoms with Gasteiger partial charge >= 0.3 is 0 Å². The van der Waals surface area contributed by atoms with Crippen LogP contribution in [-0.4, -0.2) is 51.9 Å². The summed E-state index contributed by atoms with van der Waals surface area (Å²) in [5, 5.41) is 8.85. The number of hydrogen-bond acceptors (Lipinski definition) is 4. The summed E-state index contributed by atoms with van der Waals surface area (Å²) in [6.07, 6.45) is 3.70. The van der Waals surface area contributed by atoms with Crippen molar-refractivity contribution in [3.8, 4) is 6.07 Å². The van der Waals surface area contributed by atoms with E-state index in [1.807, 2.05) is 22.7 Å². The van der Waals surface area contributed by atoms with E-state index < -0.39 is 0 Å². The average Bonchev–Trinajstić information content (AvgIpc) is 3.00. The van der Waals surface area contributed by atoms with Crippen LogP contribution in [0.1, 0.15) is 27.8 Å². The first-order valence-corrected chi connectivity index (χ1v) is 7.57. The summed E-state index contributed by atoms with van der Waals surface area (Å²) in [5.41, 5.74) is 1.18. The van der Waals surface area contributed by atoms with Crippen molar-refractivity contribution >= 4 is 5.91 Å². The Labute approximate surface area is 135 Å². The first kappa shape index (κ1) is 15.3. The molecular formula is C17H19N5O. The molecule has 1 unspecified atom stereocenters. The number of aryl methyl sites for hydroxylation is 1. The molecule has 0 aliphatic carbocycles. The zero-order valence-electron chi connectivity index (χ0n) is 13.3. The molecule has 0 N–H and O–H groups in total. The van der Waals surface area contributed by atoms with Crippen molar-refractivity contribution in [2.45, 2.75) is 6.04 Å². The highest BCUT2D eigenvalue weighted by atomic mass is 16.2. The SMILES string of the molecule is CN1CCN(C(=O)c2ccc(C#N)cc2)CC1c1nccn1C. The molecule has 1 amide bonds. The minimum Gasteiger partial charge on any atom is -0.337 e. The maximum Gasteiger partial charge on any atom is 0.253 e. The van der Waals surface area contributed by atoms with Crippen molar-refractivity contribution in [1.82, 2.24) is 19.4 Å².